The van der Waals surface area contributed by atoms with Crippen LogP contribution in [0.5, 0.6) is 0 Å². The predicted octanol–water partition coefficient (Wildman–Crippen LogP) is 3.11. The molecule has 0 bridgehead atoms. The first-order chi connectivity index (χ1) is 12.6. The molecule has 1 atom stereocenters. The van der Waals surface area contributed by atoms with Crippen LogP contribution in [0.15, 0.2) is 41.2 Å². The van der Waals surface area contributed by atoms with Crippen molar-refractivity contribution in [3.8, 4) is 0 Å². The first-order valence-corrected chi connectivity index (χ1v) is 9.38. The summed E-state index contributed by atoms with van der Waals surface area (Å²) in [5, 5.41) is 0.546. The monoisotopic (exact) mass is 369 g/mol. The molecule has 26 heavy (non-hydrogen) atoms. The van der Waals surface area contributed by atoms with Gasteiger partial charge in [0.2, 0.25) is 0 Å². The third-order valence-electron chi connectivity index (χ3n) is 4.48. The maximum atomic E-state index is 12.7. The number of nitrogens with one attached hydrogen (secondary N) is 1. The summed E-state index contributed by atoms with van der Waals surface area (Å²) in [5.74, 6) is 0.385. The van der Waals surface area contributed by atoms with E-state index in [0.29, 0.717) is 21.6 Å². The van der Waals surface area contributed by atoms with Crippen LogP contribution in [0.2, 0.25) is 0 Å². The number of para-hydroxylation sites is 1. The number of carbonyl (C=O) groups is 1. The van der Waals surface area contributed by atoms with Gasteiger partial charge in [0.15, 0.2) is 0 Å². The van der Waals surface area contributed by atoms with E-state index >= 15 is 0 Å². The van der Waals surface area contributed by atoms with E-state index in [1.807, 2.05) is 18.2 Å². The number of H-pyrrole nitrogens is 1. The van der Waals surface area contributed by atoms with Crippen LogP contribution in [0.4, 0.5) is 0 Å². The summed E-state index contributed by atoms with van der Waals surface area (Å²) in [6.45, 7) is 1.03. The Balaban J connectivity index is 1.51. The number of carbonyl (C=O) groups excluding carboxylic acids is 1. The minimum atomic E-state index is -0.191. The van der Waals surface area contributed by atoms with Crippen molar-refractivity contribution >= 4 is 28.1 Å². The SMILES string of the molecule is CN(Cc1nc2ccccc2c(=O)[nH]1)C(=O)c1ccc([C@@H]2CCCO2)s1. The van der Waals surface area contributed by atoms with Gasteiger partial charge < -0.3 is 14.6 Å². The molecule has 7 heteroatoms. The molecule has 4 rings (SSSR count). The fourth-order valence-corrected chi connectivity index (χ4v) is 4.22. The van der Waals surface area contributed by atoms with Crippen molar-refractivity contribution in [3.05, 3.63) is 62.3 Å². The number of hydrogen-bond acceptors (Lipinski definition) is 5. The van der Waals surface area contributed by atoms with Gasteiger partial charge in [0.1, 0.15) is 5.82 Å². The van der Waals surface area contributed by atoms with Crippen LogP contribution < -0.4 is 5.56 Å². The molecule has 0 saturated carbocycles. The maximum absolute atomic E-state index is 12.7. The van der Waals surface area contributed by atoms with Gasteiger partial charge in [0.05, 0.1) is 28.4 Å². The van der Waals surface area contributed by atoms with E-state index in [1.165, 1.54) is 11.3 Å². The molecular formula is C19H19N3O3S. The number of hydrogen-bond donors (Lipinski definition) is 1. The molecule has 0 unspecified atom stereocenters. The topological polar surface area (TPSA) is 75.3 Å². The summed E-state index contributed by atoms with van der Waals surface area (Å²) >= 11 is 1.47. The van der Waals surface area contributed by atoms with Crippen molar-refractivity contribution in [2.24, 2.45) is 0 Å². The van der Waals surface area contributed by atoms with Crippen molar-refractivity contribution < 1.29 is 9.53 Å². The van der Waals surface area contributed by atoms with E-state index in [1.54, 1.807) is 30.1 Å². The van der Waals surface area contributed by atoms with Gasteiger partial charge in [0, 0.05) is 18.5 Å². The summed E-state index contributed by atoms with van der Waals surface area (Å²) in [7, 11) is 1.71. The molecule has 0 aliphatic carbocycles. The van der Waals surface area contributed by atoms with Crippen LogP contribution in [0, 0.1) is 0 Å². The Morgan fingerprint density at radius 3 is 3.00 bits per heavy atom. The first kappa shape index (κ1) is 16.9. The van der Waals surface area contributed by atoms with E-state index in [4.69, 9.17) is 4.74 Å². The minimum absolute atomic E-state index is 0.0879. The number of aromatic amines is 1. The van der Waals surface area contributed by atoms with Crippen LogP contribution in [0.25, 0.3) is 10.9 Å². The zero-order valence-electron chi connectivity index (χ0n) is 14.4. The summed E-state index contributed by atoms with van der Waals surface area (Å²) in [5.41, 5.74) is 0.437. The Hall–Kier alpha value is -2.51. The van der Waals surface area contributed by atoms with E-state index in [2.05, 4.69) is 9.97 Å². The predicted molar refractivity (Wildman–Crippen MR) is 100 cm³/mol. The molecule has 1 aliphatic rings. The van der Waals surface area contributed by atoms with Crippen molar-refractivity contribution in [2.75, 3.05) is 13.7 Å². The lowest BCUT2D eigenvalue weighted by Gasteiger charge is -2.15. The van der Waals surface area contributed by atoms with Gasteiger partial charge in [-0.3, -0.25) is 9.59 Å². The zero-order chi connectivity index (χ0) is 18.1. The molecule has 1 amide bonds. The lowest BCUT2D eigenvalue weighted by atomic mass is 10.2. The lowest BCUT2D eigenvalue weighted by Crippen LogP contribution is -2.27. The smallest absolute Gasteiger partial charge is 0.264 e. The molecule has 3 heterocycles. The van der Waals surface area contributed by atoms with Crippen molar-refractivity contribution in [1.29, 1.82) is 0 Å². The lowest BCUT2D eigenvalue weighted by molar-refractivity contribution is 0.0786. The maximum Gasteiger partial charge on any atom is 0.264 e. The molecular weight excluding hydrogens is 350 g/mol. The normalized spacial score (nSPS) is 16.9. The van der Waals surface area contributed by atoms with E-state index in [0.717, 1.165) is 24.3 Å². The quantitative estimate of drug-likeness (QED) is 0.767. The highest BCUT2D eigenvalue weighted by atomic mass is 32.1. The average molecular weight is 369 g/mol. The average Bonchev–Trinajstić information content (AvgIpc) is 3.32. The molecule has 1 fully saturated rings. The third kappa shape index (κ3) is 3.27. The summed E-state index contributed by atoms with van der Waals surface area (Å²) in [6, 6.07) is 11.0. The van der Waals surface area contributed by atoms with E-state index in [9.17, 15) is 9.59 Å². The molecule has 0 spiro atoms. The third-order valence-corrected chi connectivity index (χ3v) is 5.65. The Morgan fingerprint density at radius 2 is 2.19 bits per heavy atom. The van der Waals surface area contributed by atoms with Gasteiger partial charge in [-0.25, -0.2) is 4.98 Å². The Bertz CT molecular complexity index is 1000. The number of benzene rings is 1. The summed E-state index contributed by atoms with van der Waals surface area (Å²) in [4.78, 5) is 35.4. The van der Waals surface area contributed by atoms with Gasteiger partial charge >= 0.3 is 0 Å². The number of aromatic nitrogens is 2. The van der Waals surface area contributed by atoms with Crippen molar-refractivity contribution in [3.63, 3.8) is 0 Å². The molecule has 134 valence electrons. The van der Waals surface area contributed by atoms with E-state index < -0.39 is 0 Å². The fraction of sp³-hybridized carbons (Fsp3) is 0.316. The molecule has 1 saturated heterocycles. The highest BCUT2D eigenvalue weighted by Gasteiger charge is 2.22. The van der Waals surface area contributed by atoms with Gasteiger partial charge in [-0.2, -0.15) is 0 Å². The molecule has 6 nitrogen and oxygen atoms in total. The van der Waals surface area contributed by atoms with Crippen LogP contribution in [-0.4, -0.2) is 34.4 Å². The Kier molecular flexibility index (Phi) is 4.57. The molecule has 3 aromatic rings. The van der Waals surface area contributed by atoms with Crippen LogP contribution in [0.1, 0.15) is 39.3 Å². The fourth-order valence-electron chi connectivity index (χ4n) is 3.14. The second-order valence-electron chi connectivity index (χ2n) is 6.39. The van der Waals surface area contributed by atoms with Gasteiger partial charge in [0.25, 0.3) is 11.5 Å². The second kappa shape index (κ2) is 7.01. The second-order valence-corrected chi connectivity index (χ2v) is 7.51. The summed E-state index contributed by atoms with van der Waals surface area (Å²) in [6.07, 6.45) is 2.18. The Morgan fingerprint density at radius 1 is 1.35 bits per heavy atom. The van der Waals surface area contributed by atoms with Gasteiger partial charge in [-0.15, -0.1) is 11.3 Å². The number of amides is 1. The van der Waals surface area contributed by atoms with Crippen molar-refractivity contribution in [2.45, 2.75) is 25.5 Å². The number of ether oxygens (including phenoxy) is 1. The number of nitrogens with zero attached hydrogens (tertiary/aromatic N) is 2. The minimum Gasteiger partial charge on any atom is -0.373 e. The van der Waals surface area contributed by atoms with Gasteiger partial charge in [-0.1, -0.05) is 12.1 Å². The Labute approximate surface area is 154 Å². The van der Waals surface area contributed by atoms with Gasteiger partial charge in [-0.05, 0) is 37.1 Å². The molecule has 1 aliphatic heterocycles. The number of fused-ring (bicyclic) bond motifs is 1. The zero-order valence-corrected chi connectivity index (χ0v) is 15.2. The number of thiophene rings is 1. The van der Waals surface area contributed by atoms with E-state index in [-0.39, 0.29) is 24.1 Å². The molecule has 1 N–H and O–H groups in total. The largest absolute Gasteiger partial charge is 0.373 e. The van der Waals surface area contributed by atoms with Crippen LogP contribution in [0.3, 0.4) is 0 Å². The molecule has 1 aromatic carbocycles. The van der Waals surface area contributed by atoms with Crippen LogP contribution >= 0.6 is 11.3 Å². The highest BCUT2D eigenvalue weighted by molar-refractivity contribution is 7.14. The first-order valence-electron chi connectivity index (χ1n) is 8.56. The number of rotatable bonds is 4. The standard InChI is InChI=1S/C19H19N3O3S/c1-22(11-17-20-13-6-3-2-5-12(13)18(23)21-17)19(24)16-9-8-15(26-16)14-7-4-10-25-14/h2-3,5-6,8-9,14H,4,7,10-11H2,1H3,(H,20,21,23)/t14-/m0/s1. The summed E-state index contributed by atoms with van der Waals surface area (Å²) < 4.78 is 5.68. The molecule has 0 radical (unpaired) electrons. The molecule has 2 aromatic heterocycles. The highest BCUT2D eigenvalue weighted by Crippen LogP contribution is 2.33. The van der Waals surface area contributed by atoms with Crippen molar-refractivity contribution in [1.82, 2.24) is 14.9 Å². The van der Waals surface area contributed by atoms with Crippen LogP contribution in [-0.2, 0) is 11.3 Å².